The van der Waals surface area contributed by atoms with Crippen LogP contribution >= 0.6 is 0 Å². The zero-order valence-electron chi connectivity index (χ0n) is 15.8. The van der Waals surface area contributed by atoms with Crippen molar-refractivity contribution in [2.45, 2.75) is 25.2 Å². The highest BCUT2D eigenvalue weighted by Gasteiger charge is 2.27. The number of halogens is 2. The fourth-order valence-corrected chi connectivity index (χ4v) is 3.72. The van der Waals surface area contributed by atoms with Gasteiger partial charge in [0.25, 0.3) is 6.01 Å². The van der Waals surface area contributed by atoms with E-state index in [1.54, 1.807) is 17.0 Å². The molecule has 1 saturated carbocycles. The van der Waals surface area contributed by atoms with Crippen LogP contribution < -0.4 is 4.90 Å². The lowest BCUT2D eigenvalue weighted by Crippen LogP contribution is -2.49. The van der Waals surface area contributed by atoms with Crippen molar-refractivity contribution in [1.29, 1.82) is 0 Å². The van der Waals surface area contributed by atoms with Crippen molar-refractivity contribution >= 4 is 23.2 Å². The lowest BCUT2D eigenvalue weighted by molar-refractivity contribution is -0.130. The Labute approximate surface area is 166 Å². The number of hydrogen-bond acceptors (Lipinski definition) is 5. The molecule has 8 heteroatoms. The summed E-state index contributed by atoms with van der Waals surface area (Å²) in [5.74, 6) is -0.384. The van der Waals surface area contributed by atoms with Gasteiger partial charge in [-0.2, -0.15) is 4.98 Å². The Morgan fingerprint density at radius 3 is 2.66 bits per heavy atom. The van der Waals surface area contributed by atoms with Crippen LogP contribution in [0.5, 0.6) is 0 Å². The summed E-state index contributed by atoms with van der Waals surface area (Å²) in [4.78, 5) is 24.4. The predicted octanol–water partition coefficient (Wildman–Crippen LogP) is 3.27. The smallest absolute Gasteiger partial charge is 0.300 e. The van der Waals surface area contributed by atoms with Crippen LogP contribution in [0, 0.1) is 11.6 Å². The van der Waals surface area contributed by atoms with Gasteiger partial charge in [0.1, 0.15) is 11.6 Å². The molecule has 0 N–H and O–H groups in total. The lowest BCUT2D eigenvalue weighted by Gasteiger charge is -2.33. The van der Waals surface area contributed by atoms with Crippen LogP contribution in [0.25, 0.3) is 11.2 Å². The number of hydrogen-bond donors (Lipinski definition) is 0. The van der Waals surface area contributed by atoms with Gasteiger partial charge in [-0.15, -0.1) is 0 Å². The van der Waals surface area contributed by atoms with Crippen LogP contribution in [-0.4, -0.2) is 47.0 Å². The number of anilines is 1. The number of oxazole rings is 1. The molecular weight excluding hydrogens is 378 g/mol. The van der Waals surface area contributed by atoms with E-state index in [1.165, 1.54) is 6.07 Å². The molecule has 5 rings (SSSR count). The second kappa shape index (κ2) is 7.09. The van der Waals surface area contributed by atoms with Gasteiger partial charge in [-0.25, -0.2) is 13.8 Å². The Balaban J connectivity index is 1.21. The average molecular weight is 398 g/mol. The summed E-state index contributed by atoms with van der Waals surface area (Å²) in [6.45, 7) is 2.04. The second-order valence-corrected chi connectivity index (χ2v) is 7.64. The summed E-state index contributed by atoms with van der Waals surface area (Å²) in [6.07, 6.45) is 3.39. The largest absolute Gasteiger partial charge is 0.422 e. The first-order chi connectivity index (χ1) is 14.1. The number of piperazine rings is 1. The zero-order chi connectivity index (χ0) is 20.0. The van der Waals surface area contributed by atoms with Crippen molar-refractivity contribution in [1.82, 2.24) is 14.9 Å². The maximum atomic E-state index is 14.3. The molecule has 0 radical (unpaired) electrons. The molecule has 1 aromatic carbocycles. The molecule has 1 aliphatic carbocycles. The first kappa shape index (κ1) is 18.0. The molecule has 1 amide bonds. The van der Waals surface area contributed by atoms with Gasteiger partial charge in [-0.3, -0.25) is 4.79 Å². The molecule has 1 saturated heterocycles. The fraction of sp³-hybridized carbons (Fsp3) is 0.381. The van der Waals surface area contributed by atoms with Crippen LogP contribution in [0.4, 0.5) is 14.8 Å². The van der Waals surface area contributed by atoms with Gasteiger partial charge in [-0.05, 0) is 36.0 Å². The Morgan fingerprint density at radius 1 is 1.14 bits per heavy atom. The summed E-state index contributed by atoms with van der Waals surface area (Å²) < 4.78 is 33.2. The highest BCUT2D eigenvalue weighted by molar-refractivity contribution is 5.79. The van der Waals surface area contributed by atoms with Crippen molar-refractivity contribution in [3.05, 3.63) is 53.2 Å². The van der Waals surface area contributed by atoms with Crippen molar-refractivity contribution < 1.29 is 18.0 Å². The molecule has 6 nitrogen and oxygen atoms in total. The highest BCUT2D eigenvalue weighted by Crippen LogP contribution is 2.40. The highest BCUT2D eigenvalue weighted by atomic mass is 19.1. The van der Waals surface area contributed by atoms with E-state index in [1.807, 2.05) is 11.0 Å². The molecule has 0 bridgehead atoms. The van der Waals surface area contributed by atoms with Crippen molar-refractivity contribution in [2.24, 2.45) is 0 Å². The number of fused-ring (bicyclic) bond motifs is 1. The molecule has 2 aromatic heterocycles. The molecule has 2 fully saturated rings. The lowest BCUT2D eigenvalue weighted by atomic mass is 10.0. The summed E-state index contributed by atoms with van der Waals surface area (Å²) in [7, 11) is 0. The summed E-state index contributed by atoms with van der Waals surface area (Å²) in [6, 6.07) is 6.86. The minimum absolute atomic E-state index is 0.0584. The third kappa shape index (κ3) is 3.66. The molecule has 0 unspecified atom stereocenters. The van der Waals surface area contributed by atoms with Crippen LogP contribution in [0.2, 0.25) is 0 Å². The van der Waals surface area contributed by atoms with Crippen LogP contribution in [0.15, 0.2) is 34.9 Å². The molecule has 0 atom stereocenters. The Hall–Kier alpha value is -3.03. The first-order valence-electron chi connectivity index (χ1n) is 9.80. The first-order valence-corrected chi connectivity index (χ1v) is 9.80. The molecule has 0 spiro atoms. The van der Waals surface area contributed by atoms with Crippen molar-refractivity contribution in [3.8, 4) is 0 Å². The average Bonchev–Trinajstić information content (AvgIpc) is 3.49. The fourth-order valence-electron chi connectivity index (χ4n) is 3.72. The summed E-state index contributed by atoms with van der Waals surface area (Å²) in [5.41, 5.74) is 2.11. The number of pyridine rings is 1. The molecule has 1 aliphatic heterocycles. The van der Waals surface area contributed by atoms with Gasteiger partial charge >= 0.3 is 0 Å². The van der Waals surface area contributed by atoms with Gasteiger partial charge in [-0.1, -0.05) is 12.1 Å². The molecule has 3 aromatic rings. The van der Waals surface area contributed by atoms with Crippen molar-refractivity contribution in [2.75, 3.05) is 31.1 Å². The number of rotatable bonds is 4. The van der Waals surface area contributed by atoms with Crippen LogP contribution in [0.1, 0.15) is 29.9 Å². The number of nitrogens with zero attached hydrogens (tertiary/aromatic N) is 4. The zero-order valence-corrected chi connectivity index (χ0v) is 15.8. The Morgan fingerprint density at radius 2 is 1.93 bits per heavy atom. The van der Waals surface area contributed by atoms with Gasteiger partial charge in [0.15, 0.2) is 5.58 Å². The third-order valence-corrected chi connectivity index (χ3v) is 5.57. The number of carbonyl (C=O) groups excluding carboxylic acids is 1. The van der Waals surface area contributed by atoms with E-state index in [2.05, 4.69) is 9.97 Å². The minimum atomic E-state index is -0.479. The van der Waals surface area contributed by atoms with Gasteiger partial charge in [0.05, 0.1) is 12.6 Å². The standard InChI is InChI=1S/C21H20F2N4O2/c22-16-11-18-20(24-12-16)25-21(29-18)27-7-5-26(6-8-27)19(28)10-15-4-3-14(9-17(15)23)13-1-2-13/h3-4,9,11-13H,1-2,5-8,10H2. The Kier molecular flexibility index (Phi) is 4.41. The second-order valence-electron chi connectivity index (χ2n) is 7.64. The molecular formula is C21H20F2N4O2. The number of carbonyl (C=O) groups is 1. The number of aromatic nitrogens is 2. The monoisotopic (exact) mass is 398 g/mol. The molecule has 29 heavy (non-hydrogen) atoms. The van der Waals surface area contributed by atoms with E-state index in [4.69, 9.17) is 4.42 Å². The number of amides is 1. The molecule has 3 heterocycles. The van der Waals surface area contributed by atoms with Gasteiger partial charge in [0, 0.05) is 32.2 Å². The van der Waals surface area contributed by atoms with Gasteiger partial charge in [0.2, 0.25) is 11.6 Å². The molecule has 150 valence electrons. The maximum absolute atomic E-state index is 14.3. The van der Waals surface area contributed by atoms with E-state index in [-0.39, 0.29) is 18.1 Å². The van der Waals surface area contributed by atoms with Crippen LogP contribution in [0.3, 0.4) is 0 Å². The van der Waals surface area contributed by atoms with E-state index in [0.717, 1.165) is 24.6 Å². The maximum Gasteiger partial charge on any atom is 0.300 e. The third-order valence-electron chi connectivity index (χ3n) is 5.57. The topological polar surface area (TPSA) is 62.5 Å². The van der Waals surface area contributed by atoms with Crippen molar-refractivity contribution in [3.63, 3.8) is 0 Å². The Bertz CT molecular complexity index is 1070. The van der Waals surface area contributed by atoms with Crippen LogP contribution in [-0.2, 0) is 11.2 Å². The minimum Gasteiger partial charge on any atom is -0.422 e. The summed E-state index contributed by atoms with van der Waals surface area (Å²) >= 11 is 0. The van der Waals surface area contributed by atoms with E-state index < -0.39 is 5.82 Å². The SMILES string of the molecule is O=C(Cc1ccc(C2CC2)cc1F)N1CCN(c2nc3ncc(F)cc3o2)CC1. The number of benzene rings is 1. The summed E-state index contributed by atoms with van der Waals surface area (Å²) in [5, 5.41) is 0. The predicted molar refractivity (Wildman–Crippen MR) is 103 cm³/mol. The van der Waals surface area contributed by atoms with Gasteiger partial charge < -0.3 is 14.2 Å². The quantitative estimate of drug-likeness (QED) is 0.675. The normalized spacial score (nSPS) is 17.2. The molecule has 2 aliphatic rings. The van der Waals surface area contributed by atoms with E-state index >= 15 is 0 Å². The van der Waals surface area contributed by atoms with E-state index in [0.29, 0.717) is 54.9 Å². The van der Waals surface area contributed by atoms with E-state index in [9.17, 15) is 13.6 Å².